The molecule has 0 saturated carbocycles. The summed E-state index contributed by atoms with van der Waals surface area (Å²) in [5.41, 5.74) is -0.0494. The summed E-state index contributed by atoms with van der Waals surface area (Å²) in [5.74, 6) is 0. The number of rotatable bonds is 2. The second-order valence-electron chi connectivity index (χ2n) is 4.24. The first-order valence-electron chi connectivity index (χ1n) is 5.64. The van der Waals surface area contributed by atoms with Crippen LogP contribution in [0.5, 0.6) is 0 Å². The lowest BCUT2D eigenvalue weighted by atomic mass is 9.90. The Morgan fingerprint density at radius 1 is 1.17 bits per heavy atom. The number of benzene rings is 1. The van der Waals surface area contributed by atoms with Crippen LogP contribution in [0.4, 0.5) is 0 Å². The van der Waals surface area contributed by atoms with Gasteiger partial charge in [0.15, 0.2) is 5.60 Å². The molecule has 90 valence electrons. The van der Waals surface area contributed by atoms with E-state index in [9.17, 15) is 9.90 Å². The number of carbonyl (C=O) groups is 1. The van der Waals surface area contributed by atoms with Crippen LogP contribution in [0.1, 0.15) is 11.3 Å². The third-order valence-electron chi connectivity index (χ3n) is 3.04. The minimum Gasteiger partial charge on any atom is -0.376 e. The monoisotopic (exact) mass is 257 g/mol. The average molecular weight is 257 g/mol. The third kappa shape index (κ3) is 1.74. The number of hydrogen-bond acceptors (Lipinski definition) is 4. The fraction of sp³-hybridized carbons (Fsp3) is 0.143. The van der Waals surface area contributed by atoms with Gasteiger partial charge in [0.1, 0.15) is 0 Å². The Labute approximate surface area is 109 Å². The first-order valence-corrected chi connectivity index (χ1v) is 6.46. The maximum atomic E-state index is 12.0. The summed E-state index contributed by atoms with van der Waals surface area (Å²) in [7, 11) is 0. The SMILES string of the molecule is O=C1Sc2ccccc2[C@]1(O)Cc1ccccn1. The lowest BCUT2D eigenvalue weighted by Gasteiger charge is -2.20. The van der Waals surface area contributed by atoms with Crippen molar-refractivity contribution in [2.24, 2.45) is 0 Å². The Balaban J connectivity index is 2.02. The molecule has 0 amide bonds. The van der Waals surface area contributed by atoms with E-state index in [0.29, 0.717) is 11.3 Å². The molecule has 1 aromatic carbocycles. The van der Waals surface area contributed by atoms with Crippen molar-refractivity contribution in [3.63, 3.8) is 0 Å². The lowest BCUT2D eigenvalue weighted by molar-refractivity contribution is -0.128. The van der Waals surface area contributed by atoms with Gasteiger partial charge in [-0.15, -0.1) is 0 Å². The number of carbonyl (C=O) groups excluding carboxylic acids is 1. The summed E-state index contributed by atoms with van der Waals surface area (Å²) in [6, 6.07) is 12.8. The quantitative estimate of drug-likeness (QED) is 0.895. The summed E-state index contributed by atoms with van der Waals surface area (Å²) >= 11 is 1.10. The molecule has 0 saturated heterocycles. The molecule has 3 rings (SSSR count). The highest BCUT2D eigenvalue weighted by molar-refractivity contribution is 8.14. The van der Waals surface area contributed by atoms with Crippen molar-refractivity contribution >= 4 is 16.9 Å². The highest BCUT2D eigenvalue weighted by Crippen LogP contribution is 2.44. The van der Waals surface area contributed by atoms with Crippen LogP contribution in [-0.2, 0) is 16.8 Å². The van der Waals surface area contributed by atoms with Crippen molar-refractivity contribution in [1.29, 1.82) is 0 Å². The smallest absolute Gasteiger partial charge is 0.230 e. The van der Waals surface area contributed by atoms with Gasteiger partial charge in [0, 0.05) is 28.8 Å². The van der Waals surface area contributed by atoms with Gasteiger partial charge in [-0.05, 0) is 30.0 Å². The van der Waals surface area contributed by atoms with Crippen molar-refractivity contribution in [1.82, 2.24) is 4.98 Å². The van der Waals surface area contributed by atoms with Gasteiger partial charge < -0.3 is 5.11 Å². The number of pyridine rings is 1. The van der Waals surface area contributed by atoms with E-state index in [1.807, 2.05) is 36.4 Å². The van der Waals surface area contributed by atoms with Gasteiger partial charge >= 0.3 is 0 Å². The van der Waals surface area contributed by atoms with Crippen LogP contribution in [0.15, 0.2) is 53.6 Å². The molecule has 18 heavy (non-hydrogen) atoms. The summed E-state index contributed by atoms with van der Waals surface area (Å²) in [6.45, 7) is 0. The van der Waals surface area contributed by atoms with Crippen LogP contribution in [0.25, 0.3) is 0 Å². The van der Waals surface area contributed by atoms with Crippen LogP contribution in [-0.4, -0.2) is 15.2 Å². The number of fused-ring (bicyclic) bond motifs is 1. The molecular weight excluding hydrogens is 246 g/mol. The standard InChI is InChI=1S/C14H11NO2S/c16-13-14(17,9-10-5-3-4-8-15-10)11-6-1-2-7-12(11)18-13/h1-8,17H,9H2/t14-/m1/s1. The normalized spacial score (nSPS) is 21.9. The second-order valence-corrected chi connectivity index (χ2v) is 5.26. The second kappa shape index (κ2) is 4.23. The van der Waals surface area contributed by atoms with Crippen molar-refractivity contribution in [2.75, 3.05) is 0 Å². The fourth-order valence-electron chi connectivity index (χ4n) is 2.12. The maximum absolute atomic E-state index is 12.0. The molecule has 2 heterocycles. The molecule has 0 unspecified atom stereocenters. The van der Waals surface area contributed by atoms with Gasteiger partial charge in [0.05, 0.1) is 0 Å². The summed E-state index contributed by atoms with van der Waals surface area (Å²) in [4.78, 5) is 17.1. The molecule has 0 radical (unpaired) electrons. The molecule has 0 bridgehead atoms. The Morgan fingerprint density at radius 3 is 2.72 bits per heavy atom. The molecular formula is C14H11NO2S. The Morgan fingerprint density at radius 2 is 1.94 bits per heavy atom. The van der Waals surface area contributed by atoms with Crippen LogP contribution in [0, 0.1) is 0 Å². The zero-order chi connectivity index (χ0) is 12.6. The van der Waals surface area contributed by atoms with E-state index >= 15 is 0 Å². The Hall–Kier alpha value is -1.65. The average Bonchev–Trinajstić information content (AvgIpc) is 2.63. The van der Waals surface area contributed by atoms with E-state index in [1.165, 1.54) is 0 Å². The highest BCUT2D eigenvalue weighted by Gasteiger charge is 2.45. The Kier molecular flexibility index (Phi) is 2.69. The molecule has 0 fully saturated rings. The Bertz CT molecular complexity index is 600. The minimum atomic E-state index is -1.45. The maximum Gasteiger partial charge on any atom is 0.230 e. The van der Waals surface area contributed by atoms with Crippen molar-refractivity contribution in [3.8, 4) is 0 Å². The fourth-order valence-corrected chi connectivity index (χ4v) is 3.17. The molecule has 4 heteroatoms. The van der Waals surface area contributed by atoms with Gasteiger partial charge in [0.2, 0.25) is 5.12 Å². The molecule has 1 aromatic heterocycles. The molecule has 1 aliphatic rings. The molecule has 0 aliphatic carbocycles. The van der Waals surface area contributed by atoms with Gasteiger partial charge in [0.25, 0.3) is 0 Å². The third-order valence-corrected chi connectivity index (χ3v) is 4.14. The molecule has 3 nitrogen and oxygen atoms in total. The van der Waals surface area contributed by atoms with E-state index < -0.39 is 5.60 Å². The van der Waals surface area contributed by atoms with Crippen LogP contribution >= 0.6 is 11.8 Å². The topological polar surface area (TPSA) is 50.2 Å². The largest absolute Gasteiger partial charge is 0.376 e. The van der Waals surface area contributed by atoms with E-state index in [0.717, 1.165) is 16.7 Å². The summed E-state index contributed by atoms with van der Waals surface area (Å²) < 4.78 is 0. The first kappa shape index (κ1) is 11.4. The highest BCUT2D eigenvalue weighted by atomic mass is 32.2. The van der Waals surface area contributed by atoms with Gasteiger partial charge in [-0.2, -0.15) is 0 Å². The van der Waals surface area contributed by atoms with Crippen molar-refractivity contribution < 1.29 is 9.90 Å². The number of aromatic nitrogens is 1. The number of aliphatic hydroxyl groups is 1. The van der Waals surface area contributed by atoms with E-state index in [4.69, 9.17) is 0 Å². The zero-order valence-electron chi connectivity index (χ0n) is 9.54. The molecule has 1 aliphatic heterocycles. The van der Waals surface area contributed by atoms with Gasteiger partial charge in [-0.1, -0.05) is 24.3 Å². The number of thioether (sulfide) groups is 1. The van der Waals surface area contributed by atoms with Gasteiger partial charge in [-0.25, -0.2) is 0 Å². The van der Waals surface area contributed by atoms with Gasteiger partial charge in [-0.3, -0.25) is 9.78 Å². The minimum absolute atomic E-state index is 0.219. The molecule has 2 aromatic rings. The molecule has 1 atom stereocenters. The van der Waals surface area contributed by atoms with E-state index in [2.05, 4.69) is 4.98 Å². The number of nitrogens with zero attached hydrogens (tertiary/aromatic N) is 1. The number of hydrogen-bond donors (Lipinski definition) is 1. The summed E-state index contributed by atoms with van der Waals surface area (Å²) in [5, 5.41) is 10.4. The predicted molar refractivity (Wildman–Crippen MR) is 69.1 cm³/mol. The van der Waals surface area contributed by atoms with Crippen molar-refractivity contribution in [3.05, 3.63) is 59.9 Å². The molecule has 1 N–H and O–H groups in total. The van der Waals surface area contributed by atoms with E-state index in [1.54, 1.807) is 12.3 Å². The predicted octanol–water partition coefficient (Wildman–Crippen LogP) is 2.14. The lowest BCUT2D eigenvalue weighted by Crippen LogP contribution is -2.33. The van der Waals surface area contributed by atoms with Crippen LogP contribution < -0.4 is 0 Å². The van der Waals surface area contributed by atoms with Crippen LogP contribution in [0.3, 0.4) is 0 Å². The summed E-state index contributed by atoms with van der Waals surface area (Å²) in [6.07, 6.45) is 1.88. The first-order chi connectivity index (χ1) is 8.70. The zero-order valence-corrected chi connectivity index (χ0v) is 10.4. The van der Waals surface area contributed by atoms with Crippen molar-refractivity contribution in [2.45, 2.75) is 16.9 Å². The molecule has 0 spiro atoms. The van der Waals surface area contributed by atoms with E-state index in [-0.39, 0.29) is 11.5 Å². The van der Waals surface area contributed by atoms with Crippen LogP contribution in [0.2, 0.25) is 0 Å².